The molecule has 0 aromatic carbocycles. The molecule has 0 bridgehead atoms. The molecule has 0 saturated heterocycles. The average Bonchev–Trinajstić information content (AvgIpc) is 2.21. The van der Waals surface area contributed by atoms with Crippen LogP contribution in [0.5, 0.6) is 5.75 Å². The highest BCUT2D eigenvalue weighted by atomic mass is 16.5. The lowest BCUT2D eigenvalue weighted by Gasteiger charge is -2.16. The van der Waals surface area contributed by atoms with Gasteiger partial charge in [-0.15, -0.1) is 0 Å². The molecule has 0 aliphatic carbocycles. The lowest BCUT2D eigenvalue weighted by atomic mass is 10.2. The molecular formula is C10H14N2O2. The third-order valence-corrected chi connectivity index (χ3v) is 1.66. The Bertz CT molecular complexity index is 337. The van der Waals surface area contributed by atoms with E-state index < -0.39 is 0 Å². The molecule has 0 unspecified atom stereocenters. The lowest BCUT2D eigenvalue weighted by Crippen LogP contribution is -2.33. The number of fused-ring (bicyclic) bond motifs is 1. The lowest BCUT2D eigenvalue weighted by molar-refractivity contribution is 0.0876. The number of hydrogen-bond acceptors (Lipinski definition) is 3. The van der Waals surface area contributed by atoms with Crippen molar-refractivity contribution in [2.75, 3.05) is 6.73 Å². The summed E-state index contributed by atoms with van der Waals surface area (Å²) in [5.74, 6) is 0.398. The van der Waals surface area contributed by atoms with E-state index in [9.17, 15) is 4.79 Å². The zero-order chi connectivity index (χ0) is 10.6. The Labute approximate surface area is 83.3 Å². The summed E-state index contributed by atoms with van der Waals surface area (Å²) >= 11 is 0. The summed E-state index contributed by atoms with van der Waals surface area (Å²) in [6.45, 7) is 6.14. The van der Waals surface area contributed by atoms with Gasteiger partial charge in [-0.25, -0.2) is 4.98 Å². The molecule has 0 saturated carbocycles. The van der Waals surface area contributed by atoms with Gasteiger partial charge in [-0.1, -0.05) is 13.8 Å². The Morgan fingerprint density at radius 1 is 1.50 bits per heavy atom. The smallest absolute Gasteiger partial charge is 0.276 e. The summed E-state index contributed by atoms with van der Waals surface area (Å²) in [4.78, 5) is 15.1. The van der Waals surface area contributed by atoms with Crippen LogP contribution in [-0.4, -0.2) is 17.6 Å². The maximum Gasteiger partial charge on any atom is 0.276 e. The van der Waals surface area contributed by atoms with Crippen LogP contribution in [0.1, 0.15) is 29.9 Å². The van der Waals surface area contributed by atoms with Gasteiger partial charge in [0.15, 0.2) is 18.2 Å². The van der Waals surface area contributed by atoms with Crippen molar-refractivity contribution in [1.29, 1.82) is 0 Å². The Morgan fingerprint density at radius 2 is 2.21 bits per heavy atom. The number of aromatic nitrogens is 1. The molecule has 76 valence electrons. The van der Waals surface area contributed by atoms with E-state index in [0.29, 0.717) is 11.4 Å². The molecule has 1 aliphatic rings. The van der Waals surface area contributed by atoms with Crippen molar-refractivity contribution in [2.24, 2.45) is 0 Å². The number of ether oxygens (including phenoxy) is 1. The van der Waals surface area contributed by atoms with Crippen LogP contribution in [-0.2, 0) is 0 Å². The molecule has 0 radical (unpaired) electrons. The molecule has 1 aromatic rings. The van der Waals surface area contributed by atoms with Crippen molar-refractivity contribution < 1.29 is 9.53 Å². The maximum absolute atomic E-state index is 11.1. The number of pyridine rings is 1. The number of aryl methyl sites for hydroxylation is 1. The van der Waals surface area contributed by atoms with E-state index in [1.807, 2.05) is 20.8 Å². The molecule has 1 N–H and O–H groups in total. The highest BCUT2D eigenvalue weighted by molar-refractivity contribution is 5.95. The van der Waals surface area contributed by atoms with E-state index in [2.05, 4.69) is 10.3 Å². The normalized spacial score (nSPS) is 12.9. The first-order chi connectivity index (χ1) is 6.77. The minimum Gasteiger partial charge on any atom is -0.471 e. The van der Waals surface area contributed by atoms with E-state index in [4.69, 9.17) is 4.74 Å². The first-order valence-corrected chi connectivity index (χ1v) is 4.65. The van der Waals surface area contributed by atoms with Gasteiger partial charge in [-0.2, -0.15) is 0 Å². The Balaban J connectivity index is 0.000000461. The van der Waals surface area contributed by atoms with E-state index in [0.717, 1.165) is 5.56 Å². The number of carbonyl (C=O) groups excluding carboxylic acids is 1. The second-order valence-corrected chi connectivity index (χ2v) is 2.65. The van der Waals surface area contributed by atoms with Crippen molar-refractivity contribution >= 4 is 5.91 Å². The van der Waals surface area contributed by atoms with E-state index in [1.165, 1.54) is 0 Å². The Morgan fingerprint density at radius 3 is 2.93 bits per heavy atom. The van der Waals surface area contributed by atoms with Crippen molar-refractivity contribution in [1.82, 2.24) is 10.3 Å². The van der Waals surface area contributed by atoms with Gasteiger partial charge in [-0.05, 0) is 18.6 Å². The monoisotopic (exact) mass is 194 g/mol. The van der Waals surface area contributed by atoms with Gasteiger partial charge in [0.2, 0.25) is 0 Å². The average molecular weight is 194 g/mol. The fourth-order valence-electron chi connectivity index (χ4n) is 1.09. The summed E-state index contributed by atoms with van der Waals surface area (Å²) in [5.41, 5.74) is 1.36. The molecular weight excluding hydrogens is 180 g/mol. The number of nitrogens with one attached hydrogen (secondary N) is 1. The third kappa shape index (κ3) is 2.02. The summed E-state index contributed by atoms with van der Waals surface area (Å²) in [6.07, 6.45) is 1.65. The number of rotatable bonds is 0. The molecule has 2 rings (SSSR count). The molecule has 4 nitrogen and oxygen atoms in total. The zero-order valence-corrected chi connectivity index (χ0v) is 8.63. The van der Waals surface area contributed by atoms with Gasteiger partial charge in [0.05, 0.1) is 0 Å². The van der Waals surface area contributed by atoms with Crippen LogP contribution < -0.4 is 10.1 Å². The van der Waals surface area contributed by atoms with Crippen molar-refractivity contribution in [3.63, 3.8) is 0 Å². The fraction of sp³-hybridized carbons (Fsp3) is 0.400. The van der Waals surface area contributed by atoms with Crippen LogP contribution >= 0.6 is 0 Å². The molecule has 1 aromatic heterocycles. The van der Waals surface area contributed by atoms with Crippen molar-refractivity contribution in [3.8, 4) is 5.75 Å². The molecule has 2 heterocycles. The van der Waals surface area contributed by atoms with Crippen LogP contribution in [0.4, 0.5) is 0 Å². The Kier molecular flexibility index (Phi) is 3.45. The number of hydrogen-bond donors (Lipinski definition) is 1. The largest absolute Gasteiger partial charge is 0.471 e. The van der Waals surface area contributed by atoms with E-state index in [1.54, 1.807) is 12.3 Å². The van der Waals surface area contributed by atoms with Crippen LogP contribution in [0.3, 0.4) is 0 Å². The SMILES string of the molecule is CC.Cc1cnc2c(c1)OCNC2=O. The highest BCUT2D eigenvalue weighted by Crippen LogP contribution is 2.19. The van der Waals surface area contributed by atoms with Crippen LogP contribution in [0.25, 0.3) is 0 Å². The molecule has 1 amide bonds. The topological polar surface area (TPSA) is 51.2 Å². The van der Waals surface area contributed by atoms with Gasteiger partial charge in [-0.3, -0.25) is 4.79 Å². The second kappa shape index (κ2) is 4.60. The van der Waals surface area contributed by atoms with Gasteiger partial charge in [0.25, 0.3) is 5.91 Å². The molecule has 0 spiro atoms. The minimum absolute atomic E-state index is 0.170. The fourth-order valence-corrected chi connectivity index (χ4v) is 1.09. The van der Waals surface area contributed by atoms with Crippen LogP contribution in [0.15, 0.2) is 12.3 Å². The van der Waals surface area contributed by atoms with Crippen LogP contribution in [0.2, 0.25) is 0 Å². The number of amides is 1. The van der Waals surface area contributed by atoms with E-state index >= 15 is 0 Å². The van der Waals surface area contributed by atoms with Gasteiger partial charge in [0.1, 0.15) is 0 Å². The number of carbonyl (C=O) groups is 1. The quantitative estimate of drug-likeness (QED) is 0.680. The standard InChI is InChI=1S/C8H8N2O2.C2H6/c1-5-2-6-7(9-3-5)8(11)10-4-12-6;1-2/h2-3H,4H2,1H3,(H,10,11);1-2H3. The van der Waals surface area contributed by atoms with Crippen LogP contribution in [0, 0.1) is 6.92 Å². The predicted molar refractivity (Wildman–Crippen MR) is 53.3 cm³/mol. The summed E-state index contributed by atoms with van der Waals surface area (Å²) in [7, 11) is 0. The van der Waals surface area contributed by atoms with Gasteiger partial charge >= 0.3 is 0 Å². The van der Waals surface area contributed by atoms with E-state index in [-0.39, 0.29) is 12.6 Å². The summed E-state index contributed by atoms with van der Waals surface area (Å²) < 4.78 is 5.18. The summed E-state index contributed by atoms with van der Waals surface area (Å²) in [6, 6.07) is 1.81. The number of nitrogens with zero attached hydrogens (tertiary/aromatic N) is 1. The maximum atomic E-state index is 11.1. The first-order valence-electron chi connectivity index (χ1n) is 4.65. The molecule has 4 heteroatoms. The molecule has 0 atom stereocenters. The molecule has 14 heavy (non-hydrogen) atoms. The van der Waals surface area contributed by atoms with Crippen molar-refractivity contribution in [2.45, 2.75) is 20.8 Å². The zero-order valence-electron chi connectivity index (χ0n) is 8.63. The molecule has 1 aliphatic heterocycles. The first kappa shape index (κ1) is 10.5. The third-order valence-electron chi connectivity index (χ3n) is 1.66. The predicted octanol–water partition coefficient (Wildman–Crippen LogP) is 1.50. The minimum atomic E-state index is -0.170. The van der Waals surface area contributed by atoms with Gasteiger partial charge in [0, 0.05) is 6.20 Å². The van der Waals surface area contributed by atoms with Crippen molar-refractivity contribution in [3.05, 3.63) is 23.5 Å². The second-order valence-electron chi connectivity index (χ2n) is 2.65. The molecule has 0 fully saturated rings. The summed E-state index contributed by atoms with van der Waals surface area (Å²) in [5, 5.41) is 2.53. The highest BCUT2D eigenvalue weighted by Gasteiger charge is 2.18. The van der Waals surface area contributed by atoms with Gasteiger partial charge < -0.3 is 10.1 Å². The Hall–Kier alpha value is -1.58.